The summed E-state index contributed by atoms with van der Waals surface area (Å²) >= 11 is 0. The molecule has 1 aliphatic heterocycles. The predicted octanol–water partition coefficient (Wildman–Crippen LogP) is 1.99. The molecule has 1 heterocycles. The fourth-order valence-electron chi connectivity index (χ4n) is 2.71. The maximum atomic E-state index is 12.8. The van der Waals surface area contributed by atoms with Crippen molar-refractivity contribution in [1.29, 1.82) is 0 Å². The normalized spacial score (nSPS) is 23.2. The third-order valence-electron chi connectivity index (χ3n) is 3.49. The van der Waals surface area contributed by atoms with Crippen LogP contribution in [0.15, 0.2) is 18.2 Å². The van der Waals surface area contributed by atoms with Gasteiger partial charge in [-0.3, -0.25) is 4.79 Å². The van der Waals surface area contributed by atoms with Gasteiger partial charge in [-0.25, -0.2) is 0 Å². The zero-order valence-corrected chi connectivity index (χ0v) is 11.9. The molecule has 1 aliphatic rings. The minimum Gasteiger partial charge on any atom is -0.368 e. The first-order valence-corrected chi connectivity index (χ1v) is 6.70. The van der Waals surface area contributed by atoms with Crippen LogP contribution in [0.25, 0.3) is 0 Å². The number of hydrogen-bond donors (Lipinski definition) is 2. The topological polar surface area (TPSA) is 58.4 Å². The van der Waals surface area contributed by atoms with E-state index in [-0.39, 0.29) is 17.6 Å². The van der Waals surface area contributed by atoms with Gasteiger partial charge in [-0.2, -0.15) is 13.2 Å². The number of amides is 1. The standard InChI is InChI=1S/C14H18F3N3O/c1-8-6-20(7-9(2)19-8)12-4-3-10(14(15,16)17)5-11(12)13(18)21/h3-5,8-9,19H,6-7H2,1-2H3,(H2,18,21). The highest BCUT2D eigenvalue weighted by Crippen LogP contribution is 2.33. The van der Waals surface area contributed by atoms with Crippen LogP contribution in [0.5, 0.6) is 0 Å². The van der Waals surface area contributed by atoms with Crippen molar-refractivity contribution >= 4 is 11.6 Å². The molecule has 7 heteroatoms. The average molecular weight is 301 g/mol. The lowest BCUT2D eigenvalue weighted by atomic mass is 10.0. The number of alkyl halides is 3. The van der Waals surface area contributed by atoms with Crippen molar-refractivity contribution in [1.82, 2.24) is 5.32 Å². The van der Waals surface area contributed by atoms with Gasteiger partial charge in [-0.1, -0.05) is 0 Å². The van der Waals surface area contributed by atoms with Crippen molar-refractivity contribution in [3.05, 3.63) is 29.3 Å². The van der Waals surface area contributed by atoms with Crippen molar-refractivity contribution in [2.45, 2.75) is 32.1 Å². The second kappa shape index (κ2) is 5.55. The molecule has 4 nitrogen and oxygen atoms in total. The minimum absolute atomic E-state index is 0.0916. The lowest BCUT2D eigenvalue weighted by Gasteiger charge is -2.38. The van der Waals surface area contributed by atoms with Gasteiger partial charge in [0.25, 0.3) is 5.91 Å². The molecule has 0 spiro atoms. The van der Waals surface area contributed by atoms with E-state index in [9.17, 15) is 18.0 Å². The second-order valence-electron chi connectivity index (χ2n) is 5.47. The summed E-state index contributed by atoms with van der Waals surface area (Å²) in [5.74, 6) is -0.852. The average Bonchev–Trinajstić information content (AvgIpc) is 2.35. The van der Waals surface area contributed by atoms with Gasteiger partial charge in [0, 0.05) is 30.9 Å². The molecule has 1 saturated heterocycles. The van der Waals surface area contributed by atoms with Gasteiger partial charge in [0.1, 0.15) is 0 Å². The zero-order chi connectivity index (χ0) is 15.8. The molecule has 2 atom stereocenters. The van der Waals surface area contributed by atoms with E-state index in [2.05, 4.69) is 5.32 Å². The Morgan fingerprint density at radius 2 is 1.86 bits per heavy atom. The molecule has 0 aliphatic carbocycles. The lowest BCUT2D eigenvalue weighted by molar-refractivity contribution is -0.137. The molecular weight excluding hydrogens is 283 g/mol. The Hall–Kier alpha value is -1.76. The van der Waals surface area contributed by atoms with Crippen molar-refractivity contribution in [3.63, 3.8) is 0 Å². The Kier molecular flexibility index (Phi) is 4.13. The summed E-state index contributed by atoms with van der Waals surface area (Å²) in [6, 6.07) is 3.50. The molecule has 116 valence electrons. The maximum absolute atomic E-state index is 12.8. The number of nitrogens with two attached hydrogens (primary N) is 1. The molecule has 3 N–H and O–H groups in total. The van der Waals surface area contributed by atoms with Gasteiger partial charge in [0.2, 0.25) is 0 Å². The highest BCUT2D eigenvalue weighted by Gasteiger charge is 2.32. The van der Waals surface area contributed by atoms with E-state index in [0.29, 0.717) is 18.8 Å². The van der Waals surface area contributed by atoms with E-state index in [1.807, 2.05) is 18.7 Å². The molecule has 0 radical (unpaired) electrons. The van der Waals surface area contributed by atoms with Crippen LogP contribution in [0.4, 0.5) is 18.9 Å². The third kappa shape index (κ3) is 3.47. The molecule has 2 unspecified atom stereocenters. The van der Waals surface area contributed by atoms with Crippen LogP contribution in [0.1, 0.15) is 29.8 Å². The van der Waals surface area contributed by atoms with Gasteiger partial charge in [-0.15, -0.1) is 0 Å². The number of piperazine rings is 1. The van der Waals surface area contributed by atoms with Crippen LogP contribution in [0.3, 0.4) is 0 Å². The molecule has 21 heavy (non-hydrogen) atoms. The number of benzene rings is 1. The van der Waals surface area contributed by atoms with E-state index in [0.717, 1.165) is 12.1 Å². The number of carbonyl (C=O) groups excluding carboxylic acids is 1. The third-order valence-corrected chi connectivity index (χ3v) is 3.49. The number of nitrogens with one attached hydrogen (secondary N) is 1. The van der Waals surface area contributed by atoms with E-state index in [4.69, 9.17) is 5.73 Å². The molecule has 1 aromatic carbocycles. The summed E-state index contributed by atoms with van der Waals surface area (Å²) in [4.78, 5) is 13.4. The molecule has 1 amide bonds. The van der Waals surface area contributed by atoms with Gasteiger partial charge in [0.15, 0.2) is 0 Å². The molecule has 2 rings (SSSR count). The SMILES string of the molecule is CC1CN(c2ccc(C(F)(F)F)cc2C(N)=O)CC(C)N1. The Morgan fingerprint density at radius 1 is 1.29 bits per heavy atom. The van der Waals surface area contributed by atoms with E-state index in [1.165, 1.54) is 6.07 Å². The Labute approximate surface area is 121 Å². The molecule has 1 aromatic rings. The van der Waals surface area contributed by atoms with E-state index < -0.39 is 17.6 Å². The number of halogens is 3. The Morgan fingerprint density at radius 3 is 2.33 bits per heavy atom. The van der Waals surface area contributed by atoms with Crippen LogP contribution in [0, 0.1) is 0 Å². The maximum Gasteiger partial charge on any atom is 0.416 e. The summed E-state index contributed by atoms with van der Waals surface area (Å²) in [6.45, 7) is 5.18. The number of nitrogens with zero attached hydrogens (tertiary/aromatic N) is 1. The first-order chi connectivity index (χ1) is 9.68. The molecule has 0 saturated carbocycles. The summed E-state index contributed by atoms with van der Waals surface area (Å²) in [5, 5.41) is 3.33. The van der Waals surface area contributed by atoms with Crippen molar-refractivity contribution in [3.8, 4) is 0 Å². The molecular formula is C14H18F3N3O. The Balaban J connectivity index is 2.41. The number of anilines is 1. The Bertz CT molecular complexity index is 535. The largest absolute Gasteiger partial charge is 0.416 e. The molecule has 0 aromatic heterocycles. The lowest BCUT2D eigenvalue weighted by Crippen LogP contribution is -2.54. The zero-order valence-electron chi connectivity index (χ0n) is 11.9. The predicted molar refractivity (Wildman–Crippen MR) is 74.2 cm³/mol. The highest BCUT2D eigenvalue weighted by atomic mass is 19.4. The van der Waals surface area contributed by atoms with Gasteiger partial charge in [0.05, 0.1) is 11.1 Å². The molecule has 1 fully saturated rings. The van der Waals surface area contributed by atoms with Crippen molar-refractivity contribution < 1.29 is 18.0 Å². The quantitative estimate of drug-likeness (QED) is 0.878. The highest BCUT2D eigenvalue weighted by molar-refractivity contribution is 5.99. The van der Waals surface area contributed by atoms with Crippen LogP contribution in [0.2, 0.25) is 0 Å². The first kappa shape index (κ1) is 15.6. The van der Waals surface area contributed by atoms with Crippen LogP contribution >= 0.6 is 0 Å². The first-order valence-electron chi connectivity index (χ1n) is 6.70. The van der Waals surface area contributed by atoms with Gasteiger partial charge in [-0.05, 0) is 32.0 Å². The van der Waals surface area contributed by atoms with E-state index in [1.54, 1.807) is 0 Å². The van der Waals surface area contributed by atoms with Crippen LogP contribution < -0.4 is 16.0 Å². The van der Waals surface area contributed by atoms with E-state index >= 15 is 0 Å². The van der Waals surface area contributed by atoms with Crippen LogP contribution in [-0.4, -0.2) is 31.1 Å². The summed E-state index contributed by atoms with van der Waals surface area (Å²) in [5.41, 5.74) is 4.75. The monoisotopic (exact) mass is 301 g/mol. The molecule has 0 bridgehead atoms. The summed E-state index contributed by atoms with van der Waals surface area (Å²) in [6.07, 6.45) is -4.49. The van der Waals surface area contributed by atoms with Crippen molar-refractivity contribution in [2.24, 2.45) is 5.73 Å². The van der Waals surface area contributed by atoms with Crippen LogP contribution in [-0.2, 0) is 6.18 Å². The van der Waals surface area contributed by atoms with Gasteiger partial charge < -0.3 is 16.0 Å². The minimum atomic E-state index is -4.49. The summed E-state index contributed by atoms with van der Waals surface area (Å²) in [7, 11) is 0. The fourth-order valence-corrected chi connectivity index (χ4v) is 2.71. The second-order valence-corrected chi connectivity index (χ2v) is 5.47. The fraction of sp³-hybridized carbons (Fsp3) is 0.500. The van der Waals surface area contributed by atoms with Crippen molar-refractivity contribution in [2.75, 3.05) is 18.0 Å². The summed E-state index contributed by atoms with van der Waals surface area (Å²) < 4.78 is 38.3. The van der Waals surface area contributed by atoms with Gasteiger partial charge >= 0.3 is 6.18 Å². The number of rotatable bonds is 2. The number of carbonyl (C=O) groups is 1. The number of hydrogen-bond acceptors (Lipinski definition) is 3. The smallest absolute Gasteiger partial charge is 0.368 e. The number of primary amides is 1.